The second-order valence-electron chi connectivity index (χ2n) is 6.36. The van der Waals surface area contributed by atoms with E-state index >= 15 is 0 Å². The standard InChI is InChI=1S/C21H21NO2/c1-15-9-11-19(12-10-15)22-14-18(13-17-7-5-4-6-8-17)21(3,24)16(2)20(22)23/h4-13,24H,2,14H2,1,3H3/b18-13+. The summed E-state index contributed by atoms with van der Waals surface area (Å²) in [6, 6.07) is 17.6. The number of aliphatic hydroxyl groups is 1. The Morgan fingerprint density at radius 1 is 1.12 bits per heavy atom. The lowest BCUT2D eigenvalue weighted by molar-refractivity contribution is -0.117. The van der Waals surface area contributed by atoms with Crippen molar-refractivity contribution < 1.29 is 9.90 Å². The van der Waals surface area contributed by atoms with Gasteiger partial charge in [0.25, 0.3) is 5.91 Å². The van der Waals surface area contributed by atoms with E-state index in [0.717, 1.165) is 22.4 Å². The number of amides is 1. The fourth-order valence-corrected chi connectivity index (χ4v) is 2.83. The van der Waals surface area contributed by atoms with Gasteiger partial charge in [-0.25, -0.2) is 0 Å². The number of piperidine rings is 1. The first kappa shape index (κ1) is 16.2. The Morgan fingerprint density at radius 2 is 1.75 bits per heavy atom. The molecule has 2 aromatic carbocycles. The summed E-state index contributed by atoms with van der Waals surface area (Å²) in [5.41, 5.74) is 2.53. The molecule has 122 valence electrons. The predicted molar refractivity (Wildman–Crippen MR) is 97.7 cm³/mol. The molecule has 3 heteroatoms. The summed E-state index contributed by atoms with van der Waals surface area (Å²) >= 11 is 0. The van der Waals surface area contributed by atoms with E-state index in [1.54, 1.807) is 11.8 Å². The average Bonchev–Trinajstić information content (AvgIpc) is 2.58. The maximum atomic E-state index is 12.7. The van der Waals surface area contributed by atoms with E-state index in [2.05, 4.69) is 6.58 Å². The summed E-state index contributed by atoms with van der Waals surface area (Å²) in [7, 11) is 0. The van der Waals surface area contributed by atoms with Crippen molar-refractivity contribution >= 4 is 17.7 Å². The Morgan fingerprint density at radius 3 is 2.38 bits per heavy atom. The summed E-state index contributed by atoms with van der Waals surface area (Å²) in [5.74, 6) is -0.242. The smallest absolute Gasteiger partial charge is 0.257 e. The minimum atomic E-state index is -1.34. The highest BCUT2D eigenvalue weighted by Gasteiger charge is 2.41. The molecule has 0 saturated carbocycles. The van der Waals surface area contributed by atoms with E-state index < -0.39 is 5.60 Å². The fourth-order valence-electron chi connectivity index (χ4n) is 2.83. The molecule has 0 spiro atoms. The Kier molecular flexibility index (Phi) is 4.12. The van der Waals surface area contributed by atoms with Crippen LogP contribution >= 0.6 is 0 Å². The van der Waals surface area contributed by atoms with Crippen molar-refractivity contribution in [3.8, 4) is 0 Å². The van der Waals surface area contributed by atoms with Crippen molar-refractivity contribution in [2.45, 2.75) is 19.4 Å². The van der Waals surface area contributed by atoms with Crippen LogP contribution in [0.4, 0.5) is 5.69 Å². The van der Waals surface area contributed by atoms with Crippen LogP contribution in [0.3, 0.4) is 0 Å². The molecule has 3 nitrogen and oxygen atoms in total. The molecule has 1 heterocycles. The summed E-state index contributed by atoms with van der Waals surface area (Å²) in [4.78, 5) is 14.3. The Hall–Kier alpha value is -2.65. The lowest BCUT2D eigenvalue weighted by Gasteiger charge is -2.39. The lowest BCUT2D eigenvalue weighted by Crippen LogP contribution is -2.50. The Bertz CT molecular complexity index is 801. The van der Waals surface area contributed by atoms with Crippen LogP contribution in [0.5, 0.6) is 0 Å². The van der Waals surface area contributed by atoms with Crippen LogP contribution in [-0.2, 0) is 4.79 Å². The number of aryl methyl sites for hydroxylation is 1. The topological polar surface area (TPSA) is 40.5 Å². The molecule has 24 heavy (non-hydrogen) atoms. The predicted octanol–water partition coefficient (Wildman–Crippen LogP) is 3.73. The first-order valence-electron chi connectivity index (χ1n) is 7.96. The molecule has 2 aromatic rings. The van der Waals surface area contributed by atoms with Crippen molar-refractivity contribution in [3.63, 3.8) is 0 Å². The van der Waals surface area contributed by atoms with Gasteiger partial charge in [0.05, 0.1) is 6.54 Å². The molecule has 1 N–H and O–H groups in total. The van der Waals surface area contributed by atoms with E-state index in [1.165, 1.54) is 0 Å². The summed E-state index contributed by atoms with van der Waals surface area (Å²) < 4.78 is 0. The molecule has 0 bridgehead atoms. The molecule has 1 atom stereocenters. The van der Waals surface area contributed by atoms with Gasteiger partial charge in [0.2, 0.25) is 0 Å². The maximum absolute atomic E-state index is 12.7. The third-order valence-corrected chi connectivity index (χ3v) is 4.53. The van der Waals surface area contributed by atoms with Crippen molar-refractivity contribution in [1.82, 2.24) is 0 Å². The van der Waals surface area contributed by atoms with Gasteiger partial charge in [-0.05, 0) is 37.1 Å². The van der Waals surface area contributed by atoms with Gasteiger partial charge in [-0.15, -0.1) is 0 Å². The minimum Gasteiger partial charge on any atom is -0.381 e. The summed E-state index contributed by atoms with van der Waals surface area (Å²) in [6.07, 6.45) is 1.93. The third kappa shape index (κ3) is 2.91. The molecule has 1 saturated heterocycles. The normalized spacial score (nSPS) is 23.0. The molecule has 3 rings (SSSR count). The van der Waals surface area contributed by atoms with Crippen LogP contribution in [0.15, 0.2) is 72.3 Å². The highest BCUT2D eigenvalue weighted by molar-refractivity contribution is 6.09. The number of carbonyl (C=O) groups is 1. The summed E-state index contributed by atoms with van der Waals surface area (Å²) in [6.45, 7) is 7.83. The molecule has 0 aromatic heterocycles. The molecule has 0 radical (unpaired) electrons. The minimum absolute atomic E-state index is 0.191. The van der Waals surface area contributed by atoms with Gasteiger partial charge in [-0.2, -0.15) is 0 Å². The molecule has 1 unspecified atom stereocenters. The van der Waals surface area contributed by atoms with Gasteiger partial charge in [0, 0.05) is 11.3 Å². The highest BCUT2D eigenvalue weighted by Crippen LogP contribution is 2.35. The number of carbonyl (C=O) groups excluding carboxylic acids is 1. The molecule has 1 fully saturated rings. The van der Waals surface area contributed by atoms with E-state index in [4.69, 9.17) is 0 Å². The zero-order valence-electron chi connectivity index (χ0n) is 14.0. The van der Waals surface area contributed by atoms with Gasteiger partial charge >= 0.3 is 0 Å². The van der Waals surface area contributed by atoms with E-state index in [0.29, 0.717) is 6.54 Å². The van der Waals surface area contributed by atoms with Crippen LogP contribution in [0.2, 0.25) is 0 Å². The molecule has 1 aliphatic heterocycles. The largest absolute Gasteiger partial charge is 0.381 e. The van der Waals surface area contributed by atoms with Crippen LogP contribution in [0.25, 0.3) is 6.08 Å². The van der Waals surface area contributed by atoms with Gasteiger partial charge in [-0.1, -0.05) is 60.7 Å². The van der Waals surface area contributed by atoms with E-state index in [-0.39, 0.29) is 11.5 Å². The lowest BCUT2D eigenvalue weighted by atomic mass is 9.82. The van der Waals surface area contributed by atoms with Gasteiger partial charge in [-0.3, -0.25) is 4.79 Å². The Labute approximate surface area is 142 Å². The van der Waals surface area contributed by atoms with Crippen LogP contribution in [0.1, 0.15) is 18.1 Å². The first-order chi connectivity index (χ1) is 11.4. The number of rotatable bonds is 2. The second-order valence-corrected chi connectivity index (χ2v) is 6.36. The molecule has 0 aliphatic carbocycles. The van der Waals surface area contributed by atoms with Crippen LogP contribution in [-0.4, -0.2) is 23.2 Å². The molecule has 1 aliphatic rings. The second kappa shape index (κ2) is 6.10. The van der Waals surface area contributed by atoms with Crippen molar-refractivity contribution in [2.24, 2.45) is 0 Å². The monoisotopic (exact) mass is 319 g/mol. The molecular weight excluding hydrogens is 298 g/mol. The molecular formula is C21H21NO2. The van der Waals surface area contributed by atoms with Gasteiger partial charge < -0.3 is 10.0 Å². The zero-order valence-corrected chi connectivity index (χ0v) is 14.0. The third-order valence-electron chi connectivity index (χ3n) is 4.53. The summed E-state index contributed by atoms with van der Waals surface area (Å²) in [5, 5.41) is 10.8. The average molecular weight is 319 g/mol. The Balaban J connectivity index is 2.02. The number of nitrogens with zero attached hydrogens (tertiary/aromatic N) is 1. The number of benzene rings is 2. The zero-order chi connectivity index (χ0) is 17.3. The fraction of sp³-hybridized carbons (Fsp3) is 0.190. The van der Waals surface area contributed by atoms with Crippen molar-refractivity contribution in [1.29, 1.82) is 0 Å². The number of hydrogen-bond acceptors (Lipinski definition) is 2. The van der Waals surface area contributed by atoms with Crippen LogP contribution < -0.4 is 4.90 Å². The van der Waals surface area contributed by atoms with Gasteiger partial charge in [0.15, 0.2) is 0 Å². The SMILES string of the molecule is C=C1C(=O)N(c2ccc(C)cc2)C/C(=C\c2ccccc2)C1(C)O. The number of anilines is 1. The highest BCUT2D eigenvalue weighted by atomic mass is 16.3. The number of hydrogen-bond donors (Lipinski definition) is 1. The van der Waals surface area contributed by atoms with E-state index in [9.17, 15) is 9.90 Å². The van der Waals surface area contributed by atoms with E-state index in [1.807, 2.05) is 67.6 Å². The molecule has 1 amide bonds. The maximum Gasteiger partial charge on any atom is 0.257 e. The quantitative estimate of drug-likeness (QED) is 0.857. The van der Waals surface area contributed by atoms with Crippen LogP contribution in [0, 0.1) is 6.92 Å². The van der Waals surface area contributed by atoms with Crippen molar-refractivity contribution in [3.05, 3.63) is 83.4 Å². The van der Waals surface area contributed by atoms with Crippen molar-refractivity contribution in [2.75, 3.05) is 11.4 Å². The van der Waals surface area contributed by atoms with Gasteiger partial charge in [0.1, 0.15) is 5.60 Å². The first-order valence-corrected chi connectivity index (χ1v) is 7.96.